The van der Waals surface area contributed by atoms with Crippen molar-refractivity contribution in [3.63, 3.8) is 0 Å². The Labute approximate surface area is 95.4 Å². The number of rotatable bonds is 2. The largest absolute Gasteiger partial charge is 0.480 e. The van der Waals surface area contributed by atoms with Crippen LogP contribution in [0.3, 0.4) is 0 Å². The maximum Gasteiger partial charge on any atom is 0.326 e. The summed E-state index contributed by atoms with van der Waals surface area (Å²) in [5, 5.41) is 9.06. The lowest BCUT2D eigenvalue weighted by Crippen LogP contribution is -2.45. The molecule has 0 spiro atoms. The number of hydrogen-bond donors (Lipinski definition) is 1. The van der Waals surface area contributed by atoms with Crippen molar-refractivity contribution in [2.24, 2.45) is 5.41 Å². The Hall–Kier alpha value is -1.10. The highest BCUT2D eigenvalue weighted by atomic mass is 16.5. The number of carbonyl (C=O) groups is 2. The Morgan fingerprint density at radius 3 is 2.31 bits per heavy atom. The van der Waals surface area contributed by atoms with E-state index < -0.39 is 17.4 Å². The molecule has 1 rings (SSSR count). The highest BCUT2D eigenvalue weighted by Crippen LogP contribution is 2.26. The average molecular weight is 229 g/mol. The van der Waals surface area contributed by atoms with E-state index in [0.29, 0.717) is 13.0 Å². The average Bonchev–Trinajstić information content (AvgIpc) is 2.58. The summed E-state index contributed by atoms with van der Waals surface area (Å²) in [6.07, 6.45) is 0.195. The number of carboxylic acid groups (broad SMARTS) is 1. The van der Waals surface area contributed by atoms with E-state index in [2.05, 4.69) is 0 Å². The highest BCUT2D eigenvalue weighted by Gasteiger charge is 2.42. The van der Waals surface area contributed by atoms with Crippen LogP contribution in [-0.4, -0.2) is 47.7 Å². The summed E-state index contributed by atoms with van der Waals surface area (Å²) >= 11 is 0. The Bertz CT molecular complexity index is 295. The summed E-state index contributed by atoms with van der Waals surface area (Å²) in [5.41, 5.74) is -0.559. The quantitative estimate of drug-likeness (QED) is 0.758. The third-order valence-corrected chi connectivity index (χ3v) is 2.78. The number of carboxylic acids is 1. The highest BCUT2D eigenvalue weighted by molar-refractivity contribution is 5.87. The van der Waals surface area contributed by atoms with E-state index in [1.165, 1.54) is 12.0 Å². The first kappa shape index (κ1) is 13.0. The Morgan fingerprint density at radius 1 is 1.38 bits per heavy atom. The first-order valence-electron chi connectivity index (χ1n) is 5.34. The van der Waals surface area contributed by atoms with Crippen LogP contribution in [0.15, 0.2) is 0 Å². The number of aliphatic carboxylic acids is 1. The van der Waals surface area contributed by atoms with Crippen molar-refractivity contribution in [1.82, 2.24) is 4.90 Å². The fourth-order valence-corrected chi connectivity index (χ4v) is 1.86. The summed E-state index contributed by atoms with van der Waals surface area (Å²) in [7, 11) is 1.54. The lowest BCUT2D eigenvalue weighted by Gasteiger charge is -2.28. The number of ether oxygens (including phenoxy) is 1. The predicted octanol–water partition coefficient (Wildman–Crippen LogP) is 0.733. The maximum absolute atomic E-state index is 12.1. The summed E-state index contributed by atoms with van der Waals surface area (Å²) in [5.74, 6) is -1.10. The molecule has 92 valence electrons. The number of carbonyl (C=O) groups excluding carboxylic acids is 1. The Kier molecular flexibility index (Phi) is 3.57. The molecule has 0 saturated carbocycles. The summed E-state index contributed by atoms with van der Waals surface area (Å²) in [6, 6.07) is -0.753. The monoisotopic (exact) mass is 229 g/mol. The van der Waals surface area contributed by atoms with E-state index in [1.54, 1.807) is 20.8 Å². The van der Waals surface area contributed by atoms with Crippen molar-refractivity contribution in [1.29, 1.82) is 0 Å². The minimum atomic E-state index is -0.961. The van der Waals surface area contributed by atoms with E-state index >= 15 is 0 Å². The van der Waals surface area contributed by atoms with Gasteiger partial charge in [-0.2, -0.15) is 0 Å². The lowest BCUT2D eigenvalue weighted by atomic mass is 9.94. The minimum Gasteiger partial charge on any atom is -0.480 e. The van der Waals surface area contributed by atoms with Crippen LogP contribution in [-0.2, 0) is 14.3 Å². The van der Waals surface area contributed by atoms with Gasteiger partial charge in [0.25, 0.3) is 0 Å². The summed E-state index contributed by atoms with van der Waals surface area (Å²) in [6.45, 7) is 5.72. The first-order chi connectivity index (χ1) is 7.27. The smallest absolute Gasteiger partial charge is 0.326 e. The molecular weight excluding hydrogens is 210 g/mol. The van der Waals surface area contributed by atoms with Crippen LogP contribution in [0.1, 0.15) is 27.2 Å². The topological polar surface area (TPSA) is 66.8 Å². The molecule has 0 aromatic heterocycles. The van der Waals surface area contributed by atoms with Crippen molar-refractivity contribution in [3.8, 4) is 0 Å². The van der Waals surface area contributed by atoms with E-state index in [4.69, 9.17) is 9.84 Å². The summed E-state index contributed by atoms with van der Waals surface area (Å²) < 4.78 is 5.13. The van der Waals surface area contributed by atoms with Crippen LogP contribution in [0.4, 0.5) is 0 Å². The van der Waals surface area contributed by atoms with Gasteiger partial charge in [-0.25, -0.2) is 4.79 Å². The fourth-order valence-electron chi connectivity index (χ4n) is 1.86. The Balaban J connectivity index is 2.85. The van der Waals surface area contributed by atoms with Gasteiger partial charge < -0.3 is 14.7 Å². The molecule has 2 unspecified atom stereocenters. The number of methoxy groups -OCH3 is 1. The fraction of sp³-hybridized carbons (Fsp3) is 0.818. The molecule has 2 atom stereocenters. The van der Waals surface area contributed by atoms with Crippen LogP contribution < -0.4 is 0 Å². The molecule has 1 fully saturated rings. The van der Waals surface area contributed by atoms with Gasteiger partial charge in [0.2, 0.25) is 5.91 Å². The second-order valence-electron chi connectivity index (χ2n) is 5.15. The molecule has 1 N–H and O–H groups in total. The minimum absolute atomic E-state index is 0.139. The molecule has 5 heteroatoms. The normalized spacial score (nSPS) is 25.9. The van der Waals surface area contributed by atoms with Crippen LogP contribution in [0, 0.1) is 5.41 Å². The second-order valence-corrected chi connectivity index (χ2v) is 5.15. The van der Waals surface area contributed by atoms with Crippen molar-refractivity contribution >= 4 is 11.9 Å². The van der Waals surface area contributed by atoms with E-state index in [1.807, 2.05) is 0 Å². The van der Waals surface area contributed by atoms with Gasteiger partial charge in [-0.1, -0.05) is 20.8 Å². The number of likely N-dealkylation sites (tertiary alicyclic amines) is 1. The van der Waals surface area contributed by atoms with Gasteiger partial charge in [-0.05, 0) is 0 Å². The SMILES string of the molecule is COC1CC(C(=O)O)N(C(=O)C(C)(C)C)C1. The number of nitrogens with zero attached hydrogens (tertiary/aromatic N) is 1. The molecule has 1 saturated heterocycles. The van der Waals surface area contributed by atoms with Gasteiger partial charge >= 0.3 is 5.97 Å². The number of hydrogen-bond acceptors (Lipinski definition) is 3. The number of amides is 1. The van der Waals surface area contributed by atoms with Gasteiger partial charge in [0.1, 0.15) is 6.04 Å². The van der Waals surface area contributed by atoms with Gasteiger partial charge in [0.15, 0.2) is 0 Å². The Morgan fingerprint density at radius 2 is 1.94 bits per heavy atom. The third kappa shape index (κ3) is 2.52. The van der Waals surface area contributed by atoms with E-state index in [0.717, 1.165) is 0 Å². The molecule has 1 amide bonds. The van der Waals surface area contributed by atoms with Crippen LogP contribution in [0.25, 0.3) is 0 Å². The van der Waals surface area contributed by atoms with Crippen molar-refractivity contribution < 1.29 is 19.4 Å². The van der Waals surface area contributed by atoms with Crippen LogP contribution >= 0.6 is 0 Å². The molecule has 1 heterocycles. The van der Waals surface area contributed by atoms with Crippen LogP contribution in [0.5, 0.6) is 0 Å². The van der Waals surface area contributed by atoms with Crippen molar-refractivity contribution in [2.45, 2.75) is 39.3 Å². The summed E-state index contributed by atoms with van der Waals surface area (Å²) in [4.78, 5) is 24.5. The maximum atomic E-state index is 12.1. The van der Waals surface area contributed by atoms with Gasteiger partial charge in [0.05, 0.1) is 6.10 Å². The van der Waals surface area contributed by atoms with Gasteiger partial charge in [0, 0.05) is 25.5 Å². The van der Waals surface area contributed by atoms with Crippen molar-refractivity contribution in [3.05, 3.63) is 0 Å². The molecule has 1 aliphatic heterocycles. The zero-order valence-electron chi connectivity index (χ0n) is 10.2. The van der Waals surface area contributed by atoms with Crippen molar-refractivity contribution in [2.75, 3.05) is 13.7 Å². The first-order valence-corrected chi connectivity index (χ1v) is 5.34. The molecule has 0 aromatic carbocycles. The molecule has 0 aliphatic carbocycles. The molecule has 16 heavy (non-hydrogen) atoms. The molecule has 0 radical (unpaired) electrons. The zero-order chi connectivity index (χ0) is 12.5. The molecular formula is C11H19NO4. The predicted molar refractivity (Wildman–Crippen MR) is 58.0 cm³/mol. The van der Waals surface area contributed by atoms with E-state index in [-0.39, 0.29) is 12.0 Å². The molecule has 5 nitrogen and oxygen atoms in total. The molecule has 0 bridgehead atoms. The van der Waals surface area contributed by atoms with Gasteiger partial charge in [-0.3, -0.25) is 4.79 Å². The molecule has 0 aromatic rings. The lowest BCUT2D eigenvalue weighted by molar-refractivity contribution is -0.151. The second kappa shape index (κ2) is 4.41. The van der Waals surface area contributed by atoms with E-state index in [9.17, 15) is 9.59 Å². The standard InChI is InChI=1S/C11H19NO4/c1-11(2,3)10(15)12-6-7(16-4)5-8(12)9(13)14/h7-8H,5-6H2,1-4H3,(H,13,14). The van der Waals surface area contributed by atoms with Crippen LogP contribution in [0.2, 0.25) is 0 Å². The zero-order valence-corrected chi connectivity index (χ0v) is 10.2. The van der Waals surface area contributed by atoms with Gasteiger partial charge in [-0.15, -0.1) is 0 Å². The molecule has 1 aliphatic rings. The third-order valence-electron chi connectivity index (χ3n) is 2.78.